The van der Waals surface area contributed by atoms with Crippen molar-refractivity contribution in [3.8, 4) is 6.07 Å². The first-order valence-corrected chi connectivity index (χ1v) is 11.9. The molecule has 9 nitrogen and oxygen atoms in total. The molecular formula is C27H23ClN6O3. The number of aryl methyl sites for hydroxylation is 1. The van der Waals surface area contributed by atoms with Crippen LogP contribution in [-0.4, -0.2) is 34.3 Å². The summed E-state index contributed by atoms with van der Waals surface area (Å²) in [4.78, 5) is 43.4. The molecule has 3 aromatic carbocycles. The number of carbonyl (C=O) groups is 3. The Morgan fingerprint density at radius 2 is 1.73 bits per heavy atom. The van der Waals surface area contributed by atoms with E-state index in [0.717, 1.165) is 5.56 Å². The molecule has 0 fully saturated rings. The first-order chi connectivity index (χ1) is 17.8. The Bertz CT molecular complexity index is 1520. The molecule has 0 aliphatic heterocycles. The Morgan fingerprint density at radius 3 is 2.35 bits per heavy atom. The zero-order valence-electron chi connectivity index (χ0n) is 19.9. The number of fused-ring (bicyclic) bond motifs is 1. The number of primary amides is 1. The molecule has 4 rings (SSSR count). The van der Waals surface area contributed by atoms with Gasteiger partial charge >= 0.3 is 0 Å². The summed E-state index contributed by atoms with van der Waals surface area (Å²) in [5.74, 6) is -0.526. The number of halogens is 1. The number of amides is 3. The van der Waals surface area contributed by atoms with Crippen LogP contribution < -0.4 is 16.0 Å². The van der Waals surface area contributed by atoms with Crippen LogP contribution in [0.3, 0.4) is 0 Å². The largest absolute Gasteiger partial charge is 0.370 e. The van der Waals surface area contributed by atoms with Crippen LogP contribution in [0.15, 0.2) is 66.7 Å². The molecule has 0 radical (unpaired) electrons. The van der Waals surface area contributed by atoms with Crippen LogP contribution in [0.5, 0.6) is 0 Å². The zero-order chi connectivity index (χ0) is 26.5. The van der Waals surface area contributed by atoms with E-state index in [0.29, 0.717) is 39.3 Å². The molecule has 10 heteroatoms. The van der Waals surface area contributed by atoms with Gasteiger partial charge in [0, 0.05) is 42.7 Å². The highest BCUT2D eigenvalue weighted by molar-refractivity contribution is 6.17. The fourth-order valence-electron chi connectivity index (χ4n) is 3.79. The molecule has 0 spiro atoms. The van der Waals surface area contributed by atoms with E-state index in [9.17, 15) is 14.4 Å². The van der Waals surface area contributed by atoms with E-state index in [2.05, 4.69) is 10.3 Å². The molecule has 1 heterocycles. The highest BCUT2D eigenvalue weighted by atomic mass is 35.5. The maximum Gasteiger partial charge on any atom is 0.258 e. The molecule has 1 aromatic heterocycles. The van der Waals surface area contributed by atoms with E-state index < -0.39 is 11.8 Å². The topological polar surface area (TPSA) is 134 Å². The van der Waals surface area contributed by atoms with E-state index >= 15 is 0 Å². The van der Waals surface area contributed by atoms with E-state index in [-0.39, 0.29) is 24.8 Å². The van der Waals surface area contributed by atoms with Gasteiger partial charge in [-0.15, -0.1) is 11.6 Å². The number of anilines is 2. The van der Waals surface area contributed by atoms with Gasteiger partial charge in [-0.3, -0.25) is 19.7 Å². The van der Waals surface area contributed by atoms with Gasteiger partial charge in [0.05, 0.1) is 22.7 Å². The maximum absolute atomic E-state index is 13.0. The van der Waals surface area contributed by atoms with Crippen molar-refractivity contribution in [1.82, 2.24) is 9.55 Å². The summed E-state index contributed by atoms with van der Waals surface area (Å²) < 4.78 is 1.69. The van der Waals surface area contributed by atoms with Crippen LogP contribution in [0.25, 0.3) is 11.0 Å². The Hall–Kier alpha value is -4.68. The summed E-state index contributed by atoms with van der Waals surface area (Å²) in [5.41, 5.74) is 9.35. The molecule has 0 saturated carbocycles. The van der Waals surface area contributed by atoms with Crippen molar-refractivity contribution in [2.75, 3.05) is 17.3 Å². The SMILES string of the molecule is CN(C(=O)c1ccc(CCl)cc1)c1ccc2c(c1)nc(NC(=O)c1ccc(C#N)cc1)n2CCC(N)=O. The monoisotopic (exact) mass is 514 g/mol. The molecule has 0 unspecified atom stereocenters. The lowest BCUT2D eigenvalue weighted by Crippen LogP contribution is -2.26. The van der Waals surface area contributed by atoms with Crippen molar-refractivity contribution in [3.63, 3.8) is 0 Å². The molecule has 0 bridgehead atoms. The Labute approximate surface area is 218 Å². The van der Waals surface area contributed by atoms with Crippen molar-refractivity contribution in [3.05, 3.63) is 89.0 Å². The molecule has 0 aliphatic carbocycles. The normalized spacial score (nSPS) is 10.6. The number of imidazole rings is 1. The van der Waals surface area contributed by atoms with Crippen LogP contribution in [0.4, 0.5) is 11.6 Å². The number of alkyl halides is 1. The van der Waals surface area contributed by atoms with Crippen LogP contribution in [0.2, 0.25) is 0 Å². The Balaban J connectivity index is 1.65. The predicted octanol–water partition coefficient (Wildman–Crippen LogP) is 4.05. The first-order valence-electron chi connectivity index (χ1n) is 11.3. The molecule has 0 saturated heterocycles. The summed E-state index contributed by atoms with van der Waals surface area (Å²) in [7, 11) is 1.66. The van der Waals surface area contributed by atoms with Crippen molar-refractivity contribution in [1.29, 1.82) is 5.26 Å². The van der Waals surface area contributed by atoms with Crippen molar-refractivity contribution in [2.24, 2.45) is 5.73 Å². The van der Waals surface area contributed by atoms with E-state index in [1.165, 1.54) is 4.90 Å². The number of nitriles is 1. The molecule has 3 N–H and O–H groups in total. The highest BCUT2D eigenvalue weighted by Crippen LogP contribution is 2.26. The molecule has 0 atom stereocenters. The second kappa shape index (κ2) is 10.9. The van der Waals surface area contributed by atoms with E-state index in [4.69, 9.17) is 22.6 Å². The average Bonchev–Trinajstić information content (AvgIpc) is 3.26. The number of benzene rings is 3. The molecule has 0 aliphatic rings. The maximum atomic E-state index is 13.0. The lowest BCUT2D eigenvalue weighted by Gasteiger charge is -2.17. The van der Waals surface area contributed by atoms with E-state index in [1.54, 1.807) is 78.3 Å². The number of nitrogens with one attached hydrogen (secondary N) is 1. The second-order valence-corrected chi connectivity index (χ2v) is 8.58. The molecule has 4 aromatic rings. The average molecular weight is 515 g/mol. The Kier molecular flexibility index (Phi) is 7.51. The number of hydrogen-bond donors (Lipinski definition) is 2. The predicted molar refractivity (Wildman–Crippen MR) is 141 cm³/mol. The summed E-state index contributed by atoms with van der Waals surface area (Å²) >= 11 is 5.84. The van der Waals surface area contributed by atoms with Gasteiger partial charge in [0.1, 0.15) is 0 Å². The minimum Gasteiger partial charge on any atom is -0.370 e. The molecule has 37 heavy (non-hydrogen) atoms. The summed E-state index contributed by atoms with van der Waals surface area (Å²) in [6.45, 7) is 0.204. The highest BCUT2D eigenvalue weighted by Gasteiger charge is 2.18. The van der Waals surface area contributed by atoms with Crippen LogP contribution in [-0.2, 0) is 17.2 Å². The summed E-state index contributed by atoms with van der Waals surface area (Å²) in [6.07, 6.45) is 0.0453. The fraction of sp³-hybridized carbons (Fsp3) is 0.148. The van der Waals surface area contributed by atoms with Crippen molar-refractivity contribution >= 4 is 52.0 Å². The van der Waals surface area contributed by atoms with Crippen molar-refractivity contribution < 1.29 is 14.4 Å². The van der Waals surface area contributed by atoms with Crippen LogP contribution >= 0.6 is 11.6 Å². The van der Waals surface area contributed by atoms with Gasteiger partial charge in [-0.05, 0) is 60.2 Å². The van der Waals surface area contributed by atoms with Gasteiger partial charge in [-0.1, -0.05) is 12.1 Å². The number of aromatic nitrogens is 2. The van der Waals surface area contributed by atoms with Gasteiger partial charge in [-0.25, -0.2) is 4.98 Å². The van der Waals surface area contributed by atoms with Gasteiger partial charge < -0.3 is 15.2 Å². The Morgan fingerprint density at radius 1 is 1.05 bits per heavy atom. The third kappa shape index (κ3) is 5.60. The zero-order valence-corrected chi connectivity index (χ0v) is 20.7. The fourth-order valence-corrected chi connectivity index (χ4v) is 3.97. The molecule has 3 amide bonds. The van der Waals surface area contributed by atoms with Crippen LogP contribution in [0, 0.1) is 11.3 Å². The minimum absolute atomic E-state index is 0.0453. The summed E-state index contributed by atoms with van der Waals surface area (Å²) in [6, 6.07) is 20.5. The number of nitrogens with two attached hydrogens (primary N) is 1. The number of hydrogen-bond acceptors (Lipinski definition) is 5. The van der Waals surface area contributed by atoms with E-state index in [1.807, 2.05) is 6.07 Å². The van der Waals surface area contributed by atoms with Gasteiger partial charge in [0.15, 0.2) is 0 Å². The third-order valence-corrected chi connectivity index (χ3v) is 6.17. The second-order valence-electron chi connectivity index (χ2n) is 8.31. The molecule has 186 valence electrons. The quantitative estimate of drug-likeness (QED) is 0.342. The van der Waals surface area contributed by atoms with Gasteiger partial charge in [0.2, 0.25) is 11.9 Å². The van der Waals surface area contributed by atoms with Gasteiger partial charge in [0.25, 0.3) is 11.8 Å². The van der Waals surface area contributed by atoms with Crippen molar-refractivity contribution in [2.45, 2.75) is 18.8 Å². The lowest BCUT2D eigenvalue weighted by molar-refractivity contribution is -0.118. The number of rotatable bonds is 8. The molecular weight excluding hydrogens is 492 g/mol. The number of nitrogens with zero attached hydrogens (tertiary/aromatic N) is 4. The minimum atomic E-state index is -0.492. The smallest absolute Gasteiger partial charge is 0.258 e. The first kappa shape index (κ1) is 25.4. The lowest BCUT2D eigenvalue weighted by atomic mass is 10.1. The standard InChI is InChI=1S/C27H23ClN6O3/c1-33(26(37)20-8-2-17(15-28)3-9-20)21-10-11-23-22(14-21)31-27(34(23)13-12-24(30)35)32-25(36)19-6-4-18(16-29)5-7-19/h2-11,14H,12-13,15H2,1H3,(H2,30,35)(H,31,32,36). The summed E-state index contributed by atoms with van der Waals surface area (Å²) in [5, 5.41) is 11.7. The van der Waals surface area contributed by atoms with Crippen LogP contribution in [0.1, 0.15) is 38.3 Å². The number of carbonyl (C=O) groups excluding carboxylic acids is 3. The third-order valence-electron chi connectivity index (χ3n) is 5.86. The van der Waals surface area contributed by atoms with Gasteiger partial charge in [-0.2, -0.15) is 5.26 Å².